The molecule has 0 spiro atoms. The molecule has 0 saturated heterocycles. The van der Waals surface area contributed by atoms with Gasteiger partial charge < -0.3 is 5.32 Å². The van der Waals surface area contributed by atoms with Crippen molar-refractivity contribution in [1.82, 2.24) is 5.32 Å². The normalized spacial score (nSPS) is 44.9. The molecule has 0 aliphatic heterocycles. The van der Waals surface area contributed by atoms with E-state index in [0.717, 1.165) is 29.7 Å². The van der Waals surface area contributed by atoms with Crippen LogP contribution >= 0.6 is 0 Å². The first-order valence-electron chi connectivity index (χ1n) is 6.98. The van der Waals surface area contributed by atoms with Gasteiger partial charge in [0.2, 0.25) is 0 Å². The Morgan fingerprint density at radius 2 is 2.06 bits per heavy atom. The average Bonchev–Trinajstić information content (AvgIpc) is 2.69. The number of fused-ring (bicyclic) bond motifs is 2. The fourth-order valence-corrected chi connectivity index (χ4v) is 3.80. The SMILES string of the molecule is CC(NCC1CC1(C)C)C1CC2C=CC1C2. The molecular weight excluding hydrogens is 194 g/mol. The molecule has 1 heteroatoms. The van der Waals surface area contributed by atoms with Crippen molar-refractivity contribution in [2.45, 2.75) is 46.1 Å². The van der Waals surface area contributed by atoms with Crippen molar-refractivity contribution in [1.29, 1.82) is 0 Å². The predicted octanol–water partition coefficient (Wildman–Crippen LogP) is 3.22. The van der Waals surface area contributed by atoms with E-state index < -0.39 is 0 Å². The Morgan fingerprint density at radius 3 is 2.56 bits per heavy atom. The van der Waals surface area contributed by atoms with Crippen molar-refractivity contribution in [2.24, 2.45) is 29.1 Å². The van der Waals surface area contributed by atoms with Crippen LogP contribution in [0.3, 0.4) is 0 Å². The number of nitrogens with one attached hydrogen (secondary N) is 1. The molecule has 2 saturated carbocycles. The molecule has 16 heavy (non-hydrogen) atoms. The summed E-state index contributed by atoms with van der Waals surface area (Å²) in [6.07, 6.45) is 9.20. The smallest absolute Gasteiger partial charge is 0.00729 e. The molecular formula is C15H25N. The van der Waals surface area contributed by atoms with Crippen LogP contribution in [0.1, 0.15) is 40.0 Å². The van der Waals surface area contributed by atoms with Gasteiger partial charge in [-0.05, 0) is 61.8 Å². The van der Waals surface area contributed by atoms with Crippen LogP contribution in [-0.2, 0) is 0 Å². The summed E-state index contributed by atoms with van der Waals surface area (Å²) in [7, 11) is 0. The van der Waals surface area contributed by atoms with Crippen LogP contribution in [0.15, 0.2) is 12.2 Å². The van der Waals surface area contributed by atoms with Gasteiger partial charge in [0.25, 0.3) is 0 Å². The lowest BCUT2D eigenvalue weighted by atomic mass is 9.87. The molecule has 3 aliphatic rings. The van der Waals surface area contributed by atoms with E-state index in [9.17, 15) is 0 Å². The van der Waals surface area contributed by atoms with E-state index in [1.165, 1.54) is 25.8 Å². The Labute approximate surface area is 99.7 Å². The first-order chi connectivity index (χ1) is 7.56. The number of rotatable bonds is 4. The van der Waals surface area contributed by atoms with Gasteiger partial charge in [-0.1, -0.05) is 26.0 Å². The zero-order chi connectivity index (χ0) is 11.3. The summed E-state index contributed by atoms with van der Waals surface area (Å²) in [6.45, 7) is 8.43. The molecule has 1 nitrogen and oxygen atoms in total. The monoisotopic (exact) mass is 219 g/mol. The van der Waals surface area contributed by atoms with Crippen molar-refractivity contribution in [3.63, 3.8) is 0 Å². The lowest BCUT2D eigenvalue weighted by molar-refractivity contribution is 0.319. The zero-order valence-corrected chi connectivity index (χ0v) is 10.9. The number of allylic oxidation sites excluding steroid dienone is 2. The minimum Gasteiger partial charge on any atom is -0.314 e. The summed E-state index contributed by atoms with van der Waals surface area (Å²) in [5.41, 5.74) is 0.626. The Balaban J connectivity index is 1.47. The lowest BCUT2D eigenvalue weighted by Crippen LogP contribution is -2.37. The quantitative estimate of drug-likeness (QED) is 0.716. The van der Waals surface area contributed by atoms with Gasteiger partial charge in [0.15, 0.2) is 0 Å². The summed E-state index contributed by atoms with van der Waals surface area (Å²) in [5.74, 6) is 3.65. The summed E-state index contributed by atoms with van der Waals surface area (Å²) >= 11 is 0. The molecule has 0 aromatic carbocycles. The van der Waals surface area contributed by atoms with E-state index in [0.29, 0.717) is 5.41 Å². The number of hydrogen-bond acceptors (Lipinski definition) is 1. The van der Waals surface area contributed by atoms with E-state index >= 15 is 0 Å². The highest BCUT2D eigenvalue weighted by atomic mass is 14.9. The van der Waals surface area contributed by atoms with Crippen molar-refractivity contribution in [2.75, 3.05) is 6.54 Å². The third-order valence-electron chi connectivity index (χ3n) is 5.38. The fourth-order valence-electron chi connectivity index (χ4n) is 3.80. The molecule has 0 amide bonds. The van der Waals surface area contributed by atoms with Gasteiger partial charge in [-0.2, -0.15) is 0 Å². The molecule has 0 heterocycles. The van der Waals surface area contributed by atoms with Gasteiger partial charge in [-0.25, -0.2) is 0 Å². The third-order valence-corrected chi connectivity index (χ3v) is 5.38. The number of hydrogen-bond donors (Lipinski definition) is 1. The molecule has 2 bridgehead atoms. The molecule has 2 fully saturated rings. The van der Waals surface area contributed by atoms with Gasteiger partial charge >= 0.3 is 0 Å². The minimum atomic E-state index is 0.626. The van der Waals surface area contributed by atoms with E-state index in [-0.39, 0.29) is 0 Å². The van der Waals surface area contributed by atoms with Crippen LogP contribution in [0, 0.1) is 29.1 Å². The lowest BCUT2D eigenvalue weighted by Gasteiger charge is -2.26. The largest absolute Gasteiger partial charge is 0.314 e. The fraction of sp³-hybridized carbons (Fsp3) is 0.867. The summed E-state index contributed by atoms with van der Waals surface area (Å²) < 4.78 is 0. The maximum atomic E-state index is 3.79. The second-order valence-electron chi connectivity index (χ2n) is 7.03. The first kappa shape index (κ1) is 10.8. The highest BCUT2D eigenvalue weighted by molar-refractivity contribution is 5.11. The van der Waals surface area contributed by atoms with E-state index in [2.05, 4.69) is 38.2 Å². The standard InChI is InChI=1S/C15H25N/c1-10(16-9-13-8-15(13,2)3)14-7-11-4-5-12(14)6-11/h4-5,10-14,16H,6-9H2,1-3H3. The maximum absolute atomic E-state index is 3.79. The molecule has 0 aromatic heterocycles. The zero-order valence-electron chi connectivity index (χ0n) is 10.9. The molecule has 90 valence electrons. The molecule has 1 N–H and O–H groups in total. The van der Waals surface area contributed by atoms with Crippen LogP contribution in [0.2, 0.25) is 0 Å². The van der Waals surface area contributed by atoms with Gasteiger partial charge in [-0.3, -0.25) is 0 Å². The topological polar surface area (TPSA) is 12.0 Å². The molecule has 0 aromatic rings. The summed E-state index contributed by atoms with van der Waals surface area (Å²) in [6, 6.07) is 0.719. The second kappa shape index (κ2) is 3.60. The van der Waals surface area contributed by atoms with Crippen LogP contribution in [0.5, 0.6) is 0 Å². The summed E-state index contributed by atoms with van der Waals surface area (Å²) in [4.78, 5) is 0. The molecule has 3 aliphatic carbocycles. The van der Waals surface area contributed by atoms with Gasteiger partial charge in [0, 0.05) is 6.04 Å². The average molecular weight is 219 g/mol. The Hall–Kier alpha value is -0.300. The highest BCUT2D eigenvalue weighted by Crippen LogP contribution is 2.51. The third kappa shape index (κ3) is 1.84. The highest BCUT2D eigenvalue weighted by Gasteiger charge is 2.45. The van der Waals surface area contributed by atoms with Crippen molar-refractivity contribution >= 4 is 0 Å². The van der Waals surface area contributed by atoms with Crippen molar-refractivity contribution in [3.8, 4) is 0 Å². The Morgan fingerprint density at radius 1 is 1.31 bits per heavy atom. The molecule has 0 radical (unpaired) electrons. The summed E-state index contributed by atoms with van der Waals surface area (Å²) in [5, 5.41) is 3.79. The van der Waals surface area contributed by atoms with Crippen molar-refractivity contribution in [3.05, 3.63) is 12.2 Å². The van der Waals surface area contributed by atoms with Crippen LogP contribution < -0.4 is 5.32 Å². The Bertz CT molecular complexity index is 305. The minimum absolute atomic E-state index is 0.626. The van der Waals surface area contributed by atoms with Crippen molar-refractivity contribution < 1.29 is 0 Å². The van der Waals surface area contributed by atoms with Crippen LogP contribution in [-0.4, -0.2) is 12.6 Å². The van der Waals surface area contributed by atoms with Crippen LogP contribution in [0.4, 0.5) is 0 Å². The van der Waals surface area contributed by atoms with E-state index in [4.69, 9.17) is 0 Å². The molecule has 5 atom stereocenters. The second-order valence-corrected chi connectivity index (χ2v) is 7.03. The van der Waals surface area contributed by atoms with Crippen LogP contribution in [0.25, 0.3) is 0 Å². The van der Waals surface area contributed by atoms with E-state index in [1.807, 2.05) is 0 Å². The van der Waals surface area contributed by atoms with Gasteiger partial charge in [0.1, 0.15) is 0 Å². The molecule has 5 unspecified atom stereocenters. The van der Waals surface area contributed by atoms with Gasteiger partial charge in [0.05, 0.1) is 0 Å². The first-order valence-corrected chi connectivity index (χ1v) is 6.98. The molecule has 3 rings (SSSR count). The predicted molar refractivity (Wildman–Crippen MR) is 68.2 cm³/mol. The van der Waals surface area contributed by atoms with E-state index in [1.54, 1.807) is 0 Å². The maximum Gasteiger partial charge on any atom is 0.00729 e. The van der Waals surface area contributed by atoms with Gasteiger partial charge in [-0.15, -0.1) is 0 Å². The Kier molecular flexibility index (Phi) is 2.43.